The molecule has 0 spiro atoms. The van der Waals surface area contributed by atoms with Crippen molar-refractivity contribution in [3.05, 3.63) is 92.9 Å². The molecule has 13 heteroatoms. The van der Waals surface area contributed by atoms with Gasteiger partial charge in [0.1, 0.15) is 12.7 Å². The number of amides is 1. The molecule has 200 valence electrons. The van der Waals surface area contributed by atoms with Crippen molar-refractivity contribution >= 4 is 17.7 Å². The van der Waals surface area contributed by atoms with E-state index in [0.717, 1.165) is 34.9 Å². The molecule has 1 aromatic heterocycles. The van der Waals surface area contributed by atoms with E-state index in [1.807, 2.05) is 0 Å². The molecule has 0 saturated heterocycles. The second-order valence-corrected chi connectivity index (χ2v) is 9.92. The van der Waals surface area contributed by atoms with Gasteiger partial charge in [0.05, 0.1) is 11.6 Å². The van der Waals surface area contributed by atoms with Crippen molar-refractivity contribution in [2.45, 2.75) is 42.0 Å². The molecular weight excluding hydrogens is 536 g/mol. The first-order valence-corrected chi connectivity index (χ1v) is 12.3. The Morgan fingerprint density at radius 1 is 1.00 bits per heavy atom. The van der Waals surface area contributed by atoms with E-state index in [9.17, 15) is 41.0 Å². The highest BCUT2D eigenvalue weighted by molar-refractivity contribution is 7.98. The van der Waals surface area contributed by atoms with Crippen LogP contribution in [0.1, 0.15) is 45.7 Å². The van der Waals surface area contributed by atoms with Crippen LogP contribution in [-0.2, 0) is 11.9 Å². The summed E-state index contributed by atoms with van der Waals surface area (Å²) < 4.78 is 85.4. The SMILES string of the molecule is C[C@@H](N1CN([C@@H]2c3ccccc3SCc3cccc(C(F)(F)F)c32)n2ccc(=O)c(O)c2C1=O)C(F)(F)F. The summed E-state index contributed by atoms with van der Waals surface area (Å²) in [4.78, 5) is 26.4. The summed E-state index contributed by atoms with van der Waals surface area (Å²) in [5.74, 6) is -2.21. The first-order chi connectivity index (χ1) is 17.8. The number of hydrogen-bond acceptors (Lipinski definition) is 5. The fraction of sp³-hybridized carbons (Fsp3) is 0.280. The van der Waals surface area contributed by atoms with Gasteiger partial charge in [0.25, 0.3) is 5.91 Å². The summed E-state index contributed by atoms with van der Waals surface area (Å²) in [7, 11) is 0. The van der Waals surface area contributed by atoms with Gasteiger partial charge in [0.15, 0.2) is 11.4 Å². The van der Waals surface area contributed by atoms with Gasteiger partial charge in [-0.2, -0.15) is 26.3 Å². The molecule has 0 bridgehead atoms. The number of halogens is 6. The van der Waals surface area contributed by atoms with Crippen LogP contribution in [0.5, 0.6) is 5.75 Å². The maximum atomic E-state index is 14.3. The minimum absolute atomic E-state index is 0.157. The number of benzene rings is 2. The summed E-state index contributed by atoms with van der Waals surface area (Å²) in [6.45, 7) is -0.0417. The maximum Gasteiger partial charge on any atom is 0.416 e. The predicted molar refractivity (Wildman–Crippen MR) is 126 cm³/mol. The number of pyridine rings is 1. The average molecular weight is 556 g/mol. The Labute approximate surface area is 216 Å². The van der Waals surface area contributed by atoms with Gasteiger partial charge < -0.3 is 10.0 Å². The Kier molecular flexibility index (Phi) is 6.16. The number of fused-ring (bicyclic) bond motifs is 3. The molecule has 2 aromatic carbocycles. The number of carbonyl (C=O) groups is 1. The molecule has 1 N–H and O–H groups in total. The van der Waals surface area contributed by atoms with Gasteiger partial charge >= 0.3 is 12.4 Å². The van der Waals surface area contributed by atoms with Crippen molar-refractivity contribution in [3.63, 3.8) is 0 Å². The lowest BCUT2D eigenvalue weighted by atomic mass is 9.89. The fourth-order valence-corrected chi connectivity index (χ4v) is 5.89. The maximum absolute atomic E-state index is 14.3. The summed E-state index contributed by atoms with van der Waals surface area (Å²) in [5, 5.41) is 11.6. The number of hydrogen-bond donors (Lipinski definition) is 1. The van der Waals surface area contributed by atoms with Gasteiger partial charge in [-0.05, 0) is 35.7 Å². The zero-order valence-electron chi connectivity index (χ0n) is 19.5. The highest BCUT2D eigenvalue weighted by Crippen LogP contribution is 2.47. The predicted octanol–water partition coefficient (Wildman–Crippen LogP) is 5.27. The Morgan fingerprint density at radius 2 is 1.71 bits per heavy atom. The first kappa shape index (κ1) is 26.0. The van der Waals surface area contributed by atoms with Gasteiger partial charge in [0.2, 0.25) is 5.43 Å². The molecule has 1 amide bonds. The molecule has 2 aliphatic rings. The van der Waals surface area contributed by atoms with Crippen LogP contribution < -0.4 is 10.4 Å². The van der Waals surface area contributed by atoms with Crippen LogP contribution in [0.25, 0.3) is 0 Å². The quantitative estimate of drug-likeness (QED) is 0.437. The largest absolute Gasteiger partial charge is 0.502 e. The lowest BCUT2D eigenvalue weighted by molar-refractivity contribution is -0.173. The first-order valence-electron chi connectivity index (χ1n) is 11.3. The zero-order chi connectivity index (χ0) is 27.6. The monoisotopic (exact) mass is 555 g/mol. The summed E-state index contributed by atoms with van der Waals surface area (Å²) >= 11 is 1.27. The third-order valence-corrected chi connectivity index (χ3v) is 7.84. The van der Waals surface area contributed by atoms with Crippen molar-refractivity contribution in [2.75, 3.05) is 11.7 Å². The molecule has 3 heterocycles. The molecular formula is C25H19F6N3O3S. The van der Waals surface area contributed by atoms with E-state index < -0.39 is 59.4 Å². The van der Waals surface area contributed by atoms with Crippen molar-refractivity contribution in [1.29, 1.82) is 0 Å². The third kappa shape index (κ3) is 4.18. The van der Waals surface area contributed by atoms with Gasteiger partial charge in [0, 0.05) is 22.9 Å². The Balaban J connectivity index is 1.84. The van der Waals surface area contributed by atoms with Gasteiger partial charge in [-0.15, -0.1) is 11.8 Å². The van der Waals surface area contributed by atoms with Gasteiger partial charge in [-0.1, -0.05) is 30.3 Å². The third-order valence-electron chi connectivity index (χ3n) is 6.70. The van der Waals surface area contributed by atoms with Crippen molar-refractivity contribution in [2.24, 2.45) is 0 Å². The van der Waals surface area contributed by atoms with Crippen molar-refractivity contribution in [1.82, 2.24) is 9.58 Å². The molecule has 2 aliphatic heterocycles. The van der Waals surface area contributed by atoms with Crippen LogP contribution in [0.3, 0.4) is 0 Å². The Morgan fingerprint density at radius 3 is 2.39 bits per heavy atom. The molecule has 0 saturated carbocycles. The Bertz CT molecular complexity index is 1490. The van der Waals surface area contributed by atoms with Crippen LogP contribution in [0.4, 0.5) is 26.3 Å². The van der Waals surface area contributed by atoms with Crippen molar-refractivity contribution < 1.29 is 36.2 Å². The topological polar surface area (TPSA) is 65.8 Å². The molecule has 38 heavy (non-hydrogen) atoms. The van der Waals surface area contributed by atoms with E-state index in [-0.39, 0.29) is 11.3 Å². The van der Waals surface area contributed by atoms with Crippen LogP contribution in [-0.4, -0.2) is 39.5 Å². The van der Waals surface area contributed by atoms with E-state index in [2.05, 4.69) is 0 Å². The highest BCUT2D eigenvalue weighted by Gasteiger charge is 2.48. The van der Waals surface area contributed by atoms with Crippen LogP contribution in [0.2, 0.25) is 0 Å². The van der Waals surface area contributed by atoms with Crippen LogP contribution in [0, 0.1) is 0 Å². The summed E-state index contributed by atoms with van der Waals surface area (Å²) in [6.07, 6.45) is -8.62. The van der Waals surface area contributed by atoms with Gasteiger partial charge in [-0.25, -0.2) is 0 Å². The number of aromatic hydroxyl groups is 1. The second kappa shape index (κ2) is 9.00. The minimum atomic E-state index is -4.89. The molecule has 2 atom stereocenters. The average Bonchev–Trinajstić information content (AvgIpc) is 3.02. The molecule has 6 nitrogen and oxygen atoms in total. The van der Waals surface area contributed by atoms with E-state index in [1.54, 1.807) is 24.3 Å². The number of nitrogens with zero attached hydrogens (tertiary/aromatic N) is 3. The van der Waals surface area contributed by atoms with E-state index in [1.165, 1.54) is 23.9 Å². The zero-order valence-corrected chi connectivity index (χ0v) is 20.4. The smallest absolute Gasteiger partial charge is 0.416 e. The molecule has 0 radical (unpaired) electrons. The lowest BCUT2D eigenvalue weighted by Gasteiger charge is -2.46. The number of aromatic nitrogens is 1. The summed E-state index contributed by atoms with van der Waals surface area (Å²) in [5.41, 5.74) is -2.26. The minimum Gasteiger partial charge on any atom is -0.502 e. The number of thioether (sulfide) groups is 1. The molecule has 0 aliphatic carbocycles. The number of rotatable bonds is 2. The fourth-order valence-electron chi connectivity index (χ4n) is 4.80. The van der Waals surface area contributed by atoms with Crippen LogP contribution in [0.15, 0.2) is 64.4 Å². The van der Waals surface area contributed by atoms with E-state index >= 15 is 0 Å². The van der Waals surface area contributed by atoms with Crippen LogP contribution >= 0.6 is 11.8 Å². The summed E-state index contributed by atoms with van der Waals surface area (Å²) in [6, 6.07) is 7.46. The molecule has 5 rings (SSSR count). The lowest BCUT2D eigenvalue weighted by Crippen LogP contribution is -2.60. The molecule has 0 unspecified atom stereocenters. The Hall–Kier alpha value is -3.61. The number of carbonyl (C=O) groups excluding carboxylic acids is 1. The normalized spacial score (nSPS) is 18.4. The van der Waals surface area contributed by atoms with Gasteiger partial charge in [-0.3, -0.25) is 19.3 Å². The standard InChI is InChI=1S/C25H19F6N3O3S/c1-13(24(26,27)28)32-12-34(33-10-9-17(35)22(36)21(33)23(32)37)20-15-6-2-3-8-18(15)38-11-14-5-4-7-16(19(14)20)25(29,30)31/h2-10,13,20,36H,11-12H2,1H3/t13-,20-/m1/s1. The molecule has 3 aromatic rings. The van der Waals surface area contributed by atoms with Crippen molar-refractivity contribution in [3.8, 4) is 5.75 Å². The van der Waals surface area contributed by atoms with E-state index in [0.29, 0.717) is 20.9 Å². The van der Waals surface area contributed by atoms with E-state index in [4.69, 9.17) is 0 Å². The second-order valence-electron chi connectivity index (χ2n) is 8.90. The molecule has 0 fully saturated rings. The number of alkyl halides is 6. The highest BCUT2D eigenvalue weighted by atomic mass is 32.2.